The van der Waals surface area contributed by atoms with Gasteiger partial charge in [0, 0.05) is 0 Å². The van der Waals surface area contributed by atoms with Crippen molar-refractivity contribution >= 4 is 0 Å². The highest BCUT2D eigenvalue weighted by atomic mass is 16.5. The lowest BCUT2D eigenvalue weighted by Gasteiger charge is -2.25. The van der Waals surface area contributed by atoms with Crippen molar-refractivity contribution in [2.24, 2.45) is 0 Å². The quantitative estimate of drug-likeness (QED) is 0.645. The monoisotopic (exact) mass is 276 g/mol. The first-order valence-corrected chi connectivity index (χ1v) is 8.61. The van der Waals surface area contributed by atoms with Gasteiger partial charge in [0.2, 0.25) is 5.79 Å². The number of hydrogen-bond donors (Lipinski definition) is 2. The molecule has 0 spiro atoms. The van der Waals surface area contributed by atoms with Crippen molar-refractivity contribution in [3.05, 3.63) is 22.3 Å². The largest absolute Gasteiger partial charge is 0.359 e. The topological polar surface area (TPSA) is 40.5 Å². The van der Waals surface area contributed by atoms with Gasteiger partial charge in [-0.1, -0.05) is 32.1 Å². The molecule has 0 bridgehead atoms. The summed E-state index contributed by atoms with van der Waals surface area (Å²) in [6.07, 6.45) is 14.9. The van der Waals surface area contributed by atoms with E-state index in [0.29, 0.717) is 0 Å². The minimum atomic E-state index is -1.60. The molecule has 0 atom stereocenters. The van der Waals surface area contributed by atoms with Crippen molar-refractivity contribution in [2.45, 2.75) is 89.3 Å². The van der Waals surface area contributed by atoms with E-state index in [1.807, 2.05) is 0 Å². The van der Waals surface area contributed by atoms with Gasteiger partial charge in [0.15, 0.2) is 0 Å². The lowest BCUT2D eigenvalue weighted by molar-refractivity contribution is -0.0975. The van der Waals surface area contributed by atoms with Crippen molar-refractivity contribution in [3.8, 4) is 0 Å². The predicted octanol–water partition coefficient (Wildman–Crippen LogP) is 4.37. The minimum Gasteiger partial charge on any atom is -0.359 e. The molecule has 3 aliphatic rings. The Morgan fingerprint density at radius 2 is 0.850 bits per heavy atom. The highest BCUT2D eigenvalue weighted by Crippen LogP contribution is 2.48. The van der Waals surface area contributed by atoms with Gasteiger partial charge in [-0.15, -0.1) is 0 Å². The van der Waals surface area contributed by atoms with Gasteiger partial charge in [-0.05, 0) is 73.7 Å². The van der Waals surface area contributed by atoms with Crippen molar-refractivity contribution in [2.75, 3.05) is 0 Å². The number of allylic oxidation sites excluding steroid dienone is 2. The van der Waals surface area contributed by atoms with Crippen LogP contribution in [0.15, 0.2) is 22.3 Å². The standard InChI is InChI=1S/C18H28O2/c19-18(20)16-12-8-3-1-2-6-10-14(16)15-11-7-4-5-9-13-17(15)18/h19-20H,1-13H2. The Morgan fingerprint density at radius 1 is 0.500 bits per heavy atom. The van der Waals surface area contributed by atoms with Crippen LogP contribution in [-0.4, -0.2) is 16.0 Å². The Labute approximate surface area is 122 Å². The summed E-state index contributed by atoms with van der Waals surface area (Å²) in [5, 5.41) is 21.5. The Kier molecular flexibility index (Phi) is 4.32. The number of fused-ring (bicyclic) bond motifs is 1. The second-order valence-electron chi connectivity index (χ2n) is 6.77. The summed E-state index contributed by atoms with van der Waals surface area (Å²) >= 11 is 0. The molecule has 0 radical (unpaired) electrons. The van der Waals surface area contributed by atoms with Crippen LogP contribution >= 0.6 is 0 Å². The molecule has 0 aromatic rings. The summed E-state index contributed by atoms with van der Waals surface area (Å²) in [6.45, 7) is 0. The van der Waals surface area contributed by atoms with Crippen molar-refractivity contribution in [1.82, 2.24) is 0 Å². The summed E-state index contributed by atoms with van der Waals surface area (Å²) in [5.41, 5.74) is 4.61. The molecule has 0 aromatic carbocycles. The number of hydrogen-bond acceptors (Lipinski definition) is 2. The third-order valence-corrected chi connectivity index (χ3v) is 5.39. The van der Waals surface area contributed by atoms with E-state index in [1.54, 1.807) is 0 Å². The molecular weight excluding hydrogens is 248 g/mol. The molecule has 0 unspecified atom stereocenters. The van der Waals surface area contributed by atoms with E-state index < -0.39 is 5.79 Å². The maximum atomic E-state index is 10.8. The Bertz CT molecular complexity index is 429. The molecule has 3 aliphatic carbocycles. The highest BCUT2D eigenvalue weighted by Gasteiger charge is 2.42. The van der Waals surface area contributed by atoms with E-state index in [1.165, 1.54) is 56.1 Å². The predicted molar refractivity (Wildman–Crippen MR) is 81.2 cm³/mol. The fourth-order valence-electron chi connectivity index (χ4n) is 4.31. The minimum absolute atomic E-state index is 0.884. The van der Waals surface area contributed by atoms with Gasteiger partial charge in [-0.2, -0.15) is 0 Å². The Morgan fingerprint density at radius 3 is 1.30 bits per heavy atom. The summed E-state index contributed by atoms with van der Waals surface area (Å²) in [5.74, 6) is -1.60. The lowest BCUT2D eigenvalue weighted by Crippen LogP contribution is -2.31. The third-order valence-electron chi connectivity index (χ3n) is 5.39. The van der Waals surface area contributed by atoms with Gasteiger partial charge >= 0.3 is 0 Å². The lowest BCUT2D eigenvalue weighted by atomic mass is 9.89. The van der Waals surface area contributed by atoms with Crippen LogP contribution in [0.25, 0.3) is 0 Å². The van der Waals surface area contributed by atoms with Crippen LogP contribution in [0.4, 0.5) is 0 Å². The summed E-state index contributed by atoms with van der Waals surface area (Å²) in [7, 11) is 0. The molecule has 3 rings (SSSR count). The first-order valence-electron chi connectivity index (χ1n) is 8.61. The van der Waals surface area contributed by atoms with Crippen LogP contribution in [0, 0.1) is 0 Å². The van der Waals surface area contributed by atoms with Crippen LogP contribution in [0.5, 0.6) is 0 Å². The maximum Gasteiger partial charge on any atom is 0.210 e. The van der Waals surface area contributed by atoms with Gasteiger partial charge in [0.1, 0.15) is 0 Å². The zero-order chi connectivity index (χ0) is 14.0. The molecule has 0 saturated heterocycles. The van der Waals surface area contributed by atoms with E-state index in [4.69, 9.17) is 0 Å². The zero-order valence-electron chi connectivity index (χ0n) is 12.6. The van der Waals surface area contributed by atoms with Crippen LogP contribution in [0.3, 0.4) is 0 Å². The van der Waals surface area contributed by atoms with E-state index in [9.17, 15) is 10.2 Å². The molecule has 0 saturated carbocycles. The van der Waals surface area contributed by atoms with Crippen molar-refractivity contribution in [3.63, 3.8) is 0 Å². The van der Waals surface area contributed by atoms with E-state index in [0.717, 1.165) is 49.7 Å². The molecule has 112 valence electrons. The van der Waals surface area contributed by atoms with Gasteiger partial charge in [-0.25, -0.2) is 0 Å². The van der Waals surface area contributed by atoms with Crippen molar-refractivity contribution in [1.29, 1.82) is 0 Å². The number of rotatable bonds is 0. The van der Waals surface area contributed by atoms with E-state index in [2.05, 4.69) is 0 Å². The summed E-state index contributed by atoms with van der Waals surface area (Å²) in [6, 6.07) is 0. The first kappa shape index (κ1) is 14.3. The Hall–Kier alpha value is -0.600. The second-order valence-corrected chi connectivity index (χ2v) is 6.77. The molecule has 20 heavy (non-hydrogen) atoms. The molecule has 0 amide bonds. The van der Waals surface area contributed by atoms with Gasteiger partial charge in [0.05, 0.1) is 0 Å². The van der Waals surface area contributed by atoms with Gasteiger partial charge in [-0.3, -0.25) is 0 Å². The van der Waals surface area contributed by atoms with Crippen LogP contribution < -0.4 is 0 Å². The molecule has 2 heteroatoms. The maximum absolute atomic E-state index is 10.8. The van der Waals surface area contributed by atoms with Gasteiger partial charge < -0.3 is 10.2 Å². The molecule has 2 nitrogen and oxygen atoms in total. The third kappa shape index (κ3) is 2.60. The molecule has 0 aromatic heterocycles. The van der Waals surface area contributed by atoms with E-state index >= 15 is 0 Å². The van der Waals surface area contributed by atoms with E-state index in [-0.39, 0.29) is 0 Å². The summed E-state index contributed by atoms with van der Waals surface area (Å²) in [4.78, 5) is 0. The summed E-state index contributed by atoms with van der Waals surface area (Å²) < 4.78 is 0. The Balaban J connectivity index is 1.96. The SMILES string of the molecule is OC1(O)C2=C(CCCCCCC2)C2=C1CCCCCC2. The molecule has 0 aliphatic heterocycles. The zero-order valence-corrected chi connectivity index (χ0v) is 12.6. The van der Waals surface area contributed by atoms with Crippen LogP contribution in [0.1, 0.15) is 83.5 Å². The fraction of sp³-hybridized carbons (Fsp3) is 0.778. The highest BCUT2D eigenvalue weighted by molar-refractivity contribution is 5.53. The molecular formula is C18H28O2. The van der Waals surface area contributed by atoms with Crippen LogP contribution in [0.2, 0.25) is 0 Å². The fourth-order valence-corrected chi connectivity index (χ4v) is 4.31. The van der Waals surface area contributed by atoms with Crippen LogP contribution in [-0.2, 0) is 0 Å². The molecule has 0 fully saturated rings. The average Bonchev–Trinajstić information content (AvgIpc) is 2.64. The molecule has 0 heterocycles. The van der Waals surface area contributed by atoms with Crippen molar-refractivity contribution < 1.29 is 10.2 Å². The number of aliphatic hydroxyl groups is 2. The first-order chi connectivity index (χ1) is 9.71. The average molecular weight is 276 g/mol. The second kappa shape index (κ2) is 6.03. The molecule has 2 N–H and O–H groups in total. The normalized spacial score (nSPS) is 27.9. The van der Waals surface area contributed by atoms with Gasteiger partial charge in [0.25, 0.3) is 0 Å². The smallest absolute Gasteiger partial charge is 0.210 e.